The average Bonchev–Trinajstić information content (AvgIpc) is 3.21. The molecule has 1 saturated carbocycles. The molecule has 1 aromatic carbocycles. The summed E-state index contributed by atoms with van der Waals surface area (Å²) in [5, 5.41) is 4.85. The van der Waals surface area contributed by atoms with Gasteiger partial charge in [-0.1, -0.05) is 36.4 Å². The lowest BCUT2D eigenvalue weighted by atomic mass is 9.99. The second kappa shape index (κ2) is 6.28. The number of hydrogen-bond donors (Lipinski definition) is 1. The molecule has 1 N–H and O–H groups in total. The van der Waals surface area contributed by atoms with Crippen LogP contribution in [-0.2, 0) is 16.1 Å². The number of carbonyl (C=O) groups excluding carboxylic acids is 2. The first-order chi connectivity index (χ1) is 10.7. The predicted octanol–water partition coefficient (Wildman–Crippen LogP) is 3.43. The van der Waals surface area contributed by atoms with Gasteiger partial charge in [0.1, 0.15) is 5.41 Å². The Morgan fingerprint density at radius 1 is 1.14 bits per heavy atom. The number of thiophene rings is 1. The van der Waals surface area contributed by atoms with Gasteiger partial charge in [0, 0.05) is 11.4 Å². The predicted molar refractivity (Wildman–Crippen MR) is 88.3 cm³/mol. The Bertz CT molecular complexity index is 685. The number of benzene rings is 1. The van der Waals surface area contributed by atoms with Crippen LogP contribution >= 0.6 is 11.3 Å². The maximum absolute atomic E-state index is 12.3. The molecule has 1 aliphatic rings. The van der Waals surface area contributed by atoms with Crippen LogP contribution in [0.3, 0.4) is 0 Å². The minimum Gasteiger partial charge on any atom is -0.351 e. The Kier molecular flexibility index (Phi) is 4.20. The molecule has 0 aliphatic heterocycles. The Morgan fingerprint density at radius 3 is 2.55 bits per heavy atom. The lowest BCUT2D eigenvalue weighted by Gasteiger charge is -2.12. The van der Waals surface area contributed by atoms with Crippen LogP contribution in [0.4, 0.5) is 0 Å². The van der Waals surface area contributed by atoms with Crippen molar-refractivity contribution in [3.63, 3.8) is 0 Å². The summed E-state index contributed by atoms with van der Waals surface area (Å²) in [5.74, 6) is -0.247. The molecule has 2 aromatic rings. The highest BCUT2D eigenvalue weighted by atomic mass is 32.1. The van der Waals surface area contributed by atoms with E-state index >= 15 is 0 Å². The normalized spacial score (nSPS) is 15.6. The number of carbonyl (C=O) groups is 2. The van der Waals surface area contributed by atoms with Crippen LogP contribution in [0.15, 0.2) is 53.9 Å². The molecule has 1 heterocycles. The summed E-state index contributed by atoms with van der Waals surface area (Å²) in [5.41, 5.74) is 0.205. The van der Waals surface area contributed by atoms with E-state index in [0.29, 0.717) is 19.4 Å². The van der Waals surface area contributed by atoms with E-state index in [2.05, 4.69) is 5.32 Å². The zero-order chi connectivity index (χ0) is 15.4. The van der Waals surface area contributed by atoms with Crippen molar-refractivity contribution in [2.24, 2.45) is 5.41 Å². The summed E-state index contributed by atoms with van der Waals surface area (Å²) >= 11 is 1.57. The van der Waals surface area contributed by atoms with Gasteiger partial charge in [-0.3, -0.25) is 9.59 Å². The fourth-order valence-corrected chi connectivity index (χ4v) is 2.98. The van der Waals surface area contributed by atoms with Crippen molar-refractivity contribution in [3.05, 3.63) is 64.4 Å². The van der Waals surface area contributed by atoms with Gasteiger partial charge in [-0.05, 0) is 42.0 Å². The van der Waals surface area contributed by atoms with E-state index < -0.39 is 5.41 Å². The summed E-state index contributed by atoms with van der Waals surface area (Å²) in [6, 6.07) is 13.6. The molecule has 4 heteroatoms. The van der Waals surface area contributed by atoms with E-state index in [4.69, 9.17) is 0 Å². The molecule has 3 rings (SSSR count). The summed E-state index contributed by atoms with van der Waals surface area (Å²) in [6.45, 7) is 0.462. The molecule has 1 aromatic heterocycles. The average molecular weight is 311 g/mol. The first kappa shape index (κ1) is 14.7. The first-order valence-corrected chi connectivity index (χ1v) is 8.17. The molecule has 0 radical (unpaired) electrons. The molecule has 112 valence electrons. The monoisotopic (exact) mass is 311 g/mol. The van der Waals surface area contributed by atoms with Gasteiger partial charge < -0.3 is 5.32 Å². The molecule has 1 fully saturated rings. The molecular formula is C18H17NO2S. The minimum atomic E-state index is -0.831. The van der Waals surface area contributed by atoms with E-state index in [1.807, 2.05) is 47.8 Å². The quantitative estimate of drug-likeness (QED) is 0.656. The summed E-state index contributed by atoms with van der Waals surface area (Å²) in [4.78, 5) is 25.7. The number of allylic oxidation sites excluding steroid dienone is 1. The number of hydrogen-bond acceptors (Lipinski definition) is 3. The fraction of sp³-hybridized carbons (Fsp3) is 0.222. The number of nitrogens with one attached hydrogen (secondary N) is 1. The van der Waals surface area contributed by atoms with Gasteiger partial charge in [0.15, 0.2) is 5.78 Å². The third-order valence-corrected chi connectivity index (χ3v) is 4.73. The number of rotatable bonds is 6. The van der Waals surface area contributed by atoms with Crippen LogP contribution in [0.5, 0.6) is 0 Å². The maximum Gasteiger partial charge on any atom is 0.234 e. The molecule has 0 unspecified atom stereocenters. The van der Waals surface area contributed by atoms with Crippen LogP contribution in [0.2, 0.25) is 0 Å². The second-order valence-corrected chi connectivity index (χ2v) is 6.44. The Hall–Kier alpha value is -2.20. The largest absolute Gasteiger partial charge is 0.351 e. The number of ketones is 1. The lowest BCUT2D eigenvalue weighted by Crippen LogP contribution is -2.36. The standard InChI is InChI=1S/C18H17NO2S/c20-16(9-8-15-7-4-12-22-15)18(10-11-18)17(21)19-13-14-5-2-1-3-6-14/h1-9,12H,10-11,13H2,(H,19,21)/b9-8+. The Balaban J connectivity index is 1.60. The van der Waals surface area contributed by atoms with Crippen LogP contribution < -0.4 is 5.32 Å². The van der Waals surface area contributed by atoms with E-state index in [-0.39, 0.29) is 11.7 Å². The first-order valence-electron chi connectivity index (χ1n) is 7.29. The molecule has 0 spiro atoms. The molecule has 1 amide bonds. The Morgan fingerprint density at radius 2 is 1.91 bits per heavy atom. The fourth-order valence-electron chi connectivity index (χ4n) is 2.36. The van der Waals surface area contributed by atoms with Crippen molar-refractivity contribution < 1.29 is 9.59 Å². The molecule has 0 bridgehead atoms. The van der Waals surface area contributed by atoms with Gasteiger partial charge in [0.2, 0.25) is 5.91 Å². The van der Waals surface area contributed by atoms with Gasteiger partial charge in [-0.2, -0.15) is 0 Å². The van der Waals surface area contributed by atoms with Gasteiger partial charge in [0.25, 0.3) is 0 Å². The minimum absolute atomic E-state index is 0.0912. The van der Waals surface area contributed by atoms with Gasteiger partial charge in [-0.15, -0.1) is 11.3 Å². The molecule has 1 aliphatic carbocycles. The Labute approximate surface area is 133 Å². The summed E-state index contributed by atoms with van der Waals surface area (Å²) in [7, 11) is 0. The van der Waals surface area contributed by atoms with E-state index in [1.165, 1.54) is 0 Å². The maximum atomic E-state index is 12.3. The second-order valence-electron chi connectivity index (χ2n) is 5.46. The zero-order valence-electron chi connectivity index (χ0n) is 12.1. The van der Waals surface area contributed by atoms with Crippen molar-refractivity contribution in [1.82, 2.24) is 5.32 Å². The molecule has 3 nitrogen and oxygen atoms in total. The molecule has 22 heavy (non-hydrogen) atoms. The molecule has 0 saturated heterocycles. The zero-order valence-corrected chi connectivity index (χ0v) is 12.9. The van der Waals surface area contributed by atoms with Gasteiger partial charge in [-0.25, -0.2) is 0 Å². The highest BCUT2D eigenvalue weighted by Crippen LogP contribution is 2.47. The van der Waals surface area contributed by atoms with Gasteiger partial charge in [0.05, 0.1) is 0 Å². The molecule has 0 atom stereocenters. The summed E-state index contributed by atoms with van der Waals surface area (Å²) < 4.78 is 0. The van der Waals surface area contributed by atoms with Gasteiger partial charge >= 0.3 is 0 Å². The van der Waals surface area contributed by atoms with Crippen molar-refractivity contribution in [2.75, 3.05) is 0 Å². The third kappa shape index (κ3) is 3.17. The van der Waals surface area contributed by atoms with Crippen molar-refractivity contribution in [3.8, 4) is 0 Å². The van der Waals surface area contributed by atoms with Crippen LogP contribution in [0.25, 0.3) is 6.08 Å². The molecular weight excluding hydrogens is 294 g/mol. The van der Waals surface area contributed by atoms with Crippen LogP contribution in [-0.4, -0.2) is 11.7 Å². The van der Waals surface area contributed by atoms with E-state index in [1.54, 1.807) is 23.5 Å². The third-order valence-electron chi connectivity index (χ3n) is 3.89. The van der Waals surface area contributed by atoms with Crippen LogP contribution in [0.1, 0.15) is 23.3 Å². The SMILES string of the molecule is O=C(/C=C/c1cccs1)C1(C(=O)NCc2ccccc2)CC1. The van der Waals surface area contributed by atoms with E-state index in [9.17, 15) is 9.59 Å². The van der Waals surface area contributed by atoms with Crippen molar-refractivity contribution in [1.29, 1.82) is 0 Å². The summed E-state index contributed by atoms with van der Waals surface area (Å²) in [6.07, 6.45) is 4.61. The highest BCUT2D eigenvalue weighted by molar-refractivity contribution is 7.10. The van der Waals surface area contributed by atoms with E-state index in [0.717, 1.165) is 10.4 Å². The van der Waals surface area contributed by atoms with Crippen molar-refractivity contribution >= 4 is 29.1 Å². The van der Waals surface area contributed by atoms with Crippen molar-refractivity contribution in [2.45, 2.75) is 19.4 Å². The highest BCUT2D eigenvalue weighted by Gasteiger charge is 2.54. The lowest BCUT2D eigenvalue weighted by molar-refractivity contribution is -0.133. The van der Waals surface area contributed by atoms with Crippen LogP contribution in [0, 0.1) is 5.41 Å². The number of amides is 1. The topological polar surface area (TPSA) is 46.2 Å². The smallest absolute Gasteiger partial charge is 0.234 e.